The monoisotopic (exact) mass is 1540 g/mol. The molecule has 0 unspecified atom stereocenters. The Morgan fingerprint density at radius 1 is 0.923 bits per heavy atom. The first kappa shape index (κ1) is 31.0. The van der Waals surface area contributed by atoms with E-state index in [1.807, 2.05) is 0 Å². The van der Waals surface area contributed by atoms with Gasteiger partial charge in [0.05, 0.1) is 0 Å². The molecule has 0 aliphatic heterocycles. The first-order valence-corrected chi connectivity index (χ1v) is 37.1. The second-order valence-corrected chi connectivity index (χ2v) is 2.78. The second-order valence-electron chi connectivity index (χ2n) is 1.74. The van der Waals surface area contributed by atoms with E-state index in [1.165, 1.54) is 19.4 Å². The summed E-state index contributed by atoms with van der Waals surface area (Å²) in [5, 5.41) is 0. The van der Waals surface area contributed by atoms with Gasteiger partial charge in [0.15, 0.2) is 0 Å². The van der Waals surface area contributed by atoms with Crippen molar-refractivity contribution in [3.8, 4) is 0 Å². The Morgan fingerprint density at radius 2 is 1.15 bits per heavy atom. The van der Waals surface area contributed by atoms with Crippen LogP contribution < -0.4 is 0 Å². The first-order valence-electron chi connectivity index (χ1n) is 2.62. The van der Waals surface area contributed by atoms with Crippen LogP contribution in [0.5, 0.6) is 0 Å². The number of rotatable bonds is 2. The van der Waals surface area contributed by atoms with E-state index < -0.39 is 0 Å². The Balaban J connectivity index is -0.0000000263. The Labute approximate surface area is 164 Å². The average Bonchev–Trinajstić information content (AvgIpc) is 2.14. The number of hydrogen-bond donors (Lipinski definition) is 0. The third-order valence-corrected chi connectivity index (χ3v) is 1.09. The van der Waals surface area contributed by atoms with Crippen molar-refractivity contribution in [2.45, 2.75) is 20.3 Å². The minimum atomic E-state index is 0. The standard InChI is InChI=1S/C5H9.8W/c1-4-5(2)3;;;;;;;;/h5H,4H2,2-3H3;;;;;;;;/q-1;;;;;;;;. The molecule has 0 aromatic rings. The number of hydrogen-bond acceptors (Lipinski definition) is 0. The summed E-state index contributed by atoms with van der Waals surface area (Å²) in [5.41, 5.74) is 0. The quantitative estimate of drug-likeness (QED) is 0.366. The molecule has 0 nitrogen and oxygen atoms in total. The summed E-state index contributed by atoms with van der Waals surface area (Å²) in [4.78, 5) is 0. The van der Waals surface area contributed by atoms with Crippen LogP contribution in [0, 0.1) is 5.92 Å². The van der Waals surface area contributed by atoms with E-state index in [-0.39, 0.29) is 21.1 Å². The fourth-order valence-electron chi connectivity index (χ4n) is 0.167. The van der Waals surface area contributed by atoms with Crippen LogP contribution in [0.2, 0.25) is 0 Å². The zero-order chi connectivity index (χ0) is 11.0. The van der Waals surface area contributed by atoms with Crippen LogP contribution in [0.3, 0.4) is 0 Å². The molecule has 0 saturated carbocycles. The van der Waals surface area contributed by atoms with Crippen molar-refractivity contribution < 1.29 is 138 Å². The van der Waals surface area contributed by atoms with E-state index in [2.05, 4.69) is 18.2 Å². The molecule has 0 aliphatic carbocycles. The maximum absolute atomic E-state index is 3.15. The van der Waals surface area contributed by atoms with Crippen molar-refractivity contribution in [2.24, 2.45) is 5.92 Å². The normalized spacial score (nSPS) is 5.15. The van der Waals surface area contributed by atoms with E-state index in [9.17, 15) is 0 Å². The van der Waals surface area contributed by atoms with Gasteiger partial charge in [-0.05, 0) is 0 Å². The molecule has 0 radical (unpaired) electrons. The molecule has 8 heteroatoms. The van der Waals surface area contributed by atoms with Gasteiger partial charge < -0.3 is 0 Å². The van der Waals surface area contributed by atoms with Crippen molar-refractivity contribution >= 4 is 4.40 Å². The van der Waals surface area contributed by atoms with Gasteiger partial charge >= 0.3 is 147 Å². The average molecular weight is 1540 g/mol. The van der Waals surface area contributed by atoms with Crippen LogP contribution in [0.4, 0.5) is 0 Å². The predicted molar refractivity (Wildman–Crippen MR) is 24.5 cm³/mol. The zero-order valence-corrected chi connectivity index (χ0v) is 30.5. The molecule has 0 heterocycles. The van der Waals surface area contributed by atoms with E-state index in [0.717, 1.165) is 12.3 Å². The topological polar surface area (TPSA) is 0 Å². The van der Waals surface area contributed by atoms with Gasteiger partial charge in [0.2, 0.25) is 0 Å². The molecule has 0 saturated heterocycles. The summed E-state index contributed by atoms with van der Waals surface area (Å²) in [7, 11) is 0. The van der Waals surface area contributed by atoms with E-state index in [1.54, 1.807) is 97.3 Å². The summed E-state index contributed by atoms with van der Waals surface area (Å²) < 4.78 is 3.15. The third-order valence-electron chi connectivity index (χ3n) is 0.492. The van der Waals surface area contributed by atoms with Crippen molar-refractivity contribution in [2.75, 3.05) is 0 Å². The van der Waals surface area contributed by atoms with Crippen LogP contribution in [-0.2, 0) is 138 Å². The second kappa shape index (κ2) is 43.3. The summed E-state index contributed by atoms with van der Waals surface area (Å²) in [6.07, 6.45) is 1.16. The van der Waals surface area contributed by atoms with Gasteiger partial charge in [-0.1, -0.05) is 0 Å². The zero-order valence-electron chi connectivity index (χ0n) is 7.05. The molecule has 0 aromatic heterocycles. The molecule has 13 heavy (non-hydrogen) atoms. The van der Waals surface area contributed by atoms with E-state index in [4.69, 9.17) is 0 Å². The van der Waals surface area contributed by atoms with Gasteiger partial charge in [-0.2, -0.15) is 0 Å². The molecule has 78 valence electrons. The van der Waals surface area contributed by atoms with Crippen molar-refractivity contribution in [1.29, 1.82) is 0 Å². The summed E-state index contributed by atoms with van der Waals surface area (Å²) in [6.45, 7) is 4.41. The Hall–Kier alpha value is 5.38. The van der Waals surface area contributed by atoms with Crippen molar-refractivity contribution in [3.63, 3.8) is 0 Å². The van der Waals surface area contributed by atoms with Crippen LogP contribution >= 0.6 is 0 Å². The molecular formula is C5H9W8-. The van der Waals surface area contributed by atoms with Gasteiger partial charge in [0.1, 0.15) is 0 Å². The predicted octanol–water partition coefficient (Wildman–Crippen LogP) is 1.24. The third kappa shape index (κ3) is 58.6. The van der Waals surface area contributed by atoms with Crippen LogP contribution in [0.1, 0.15) is 20.3 Å². The SMILES string of the molecule is CC(C)C[C-]=[W].[W].[W]=[W].[W]=[W].[W]=[W]. The molecule has 0 aromatic carbocycles. The Bertz CT molecular complexity index is 70.2. The Kier molecular flexibility index (Phi) is 103. The minimum absolute atomic E-state index is 0. The molecule has 0 spiro atoms. The Morgan fingerprint density at radius 3 is 1.15 bits per heavy atom. The molecule has 0 aliphatic rings. The van der Waals surface area contributed by atoms with Crippen molar-refractivity contribution in [1.82, 2.24) is 0 Å². The molecule has 0 bridgehead atoms. The summed E-state index contributed by atoms with van der Waals surface area (Å²) in [6, 6.07) is 0. The fraction of sp³-hybridized carbons (Fsp3) is 0.800. The fourth-order valence-corrected chi connectivity index (χ4v) is 1.36. The van der Waals surface area contributed by atoms with E-state index in [0.29, 0.717) is 0 Å². The van der Waals surface area contributed by atoms with Gasteiger partial charge in [-0.25, -0.2) is 0 Å². The van der Waals surface area contributed by atoms with Gasteiger partial charge in [0, 0.05) is 21.1 Å². The summed E-state index contributed by atoms with van der Waals surface area (Å²) in [5.74, 6) is 0.808. The summed E-state index contributed by atoms with van der Waals surface area (Å²) >= 11 is 11.5. The molecule has 0 fully saturated rings. The van der Waals surface area contributed by atoms with Gasteiger partial charge in [-0.15, -0.1) is 0 Å². The van der Waals surface area contributed by atoms with Crippen LogP contribution in [-0.4, -0.2) is 4.40 Å². The molecule has 0 N–H and O–H groups in total. The molecule has 0 atom stereocenters. The van der Waals surface area contributed by atoms with Crippen LogP contribution in [0.15, 0.2) is 0 Å². The van der Waals surface area contributed by atoms with Gasteiger partial charge in [-0.3, -0.25) is 0 Å². The molecular weight excluding hydrogens is 1530 g/mol. The first-order chi connectivity index (χ1) is 5.77. The van der Waals surface area contributed by atoms with Crippen molar-refractivity contribution in [3.05, 3.63) is 0 Å². The maximum atomic E-state index is 3.15. The van der Waals surface area contributed by atoms with Crippen LogP contribution in [0.25, 0.3) is 0 Å². The molecule has 0 amide bonds. The molecule has 0 rings (SSSR count). The van der Waals surface area contributed by atoms with Gasteiger partial charge in [0.25, 0.3) is 0 Å². The van der Waals surface area contributed by atoms with E-state index >= 15 is 0 Å².